The van der Waals surface area contributed by atoms with Crippen molar-refractivity contribution in [2.75, 3.05) is 11.1 Å². The summed E-state index contributed by atoms with van der Waals surface area (Å²) < 4.78 is 1.96. The summed E-state index contributed by atoms with van der Waals surface area (Å²) in [5.41, 5.74) is 8.72. The minimum atomic E-state index is -0.154. The zero-order valence-corrected chi connectivity index (χ0v) is 11.9. The van der Waals surface area contributed by atoms with E-state index in [0.717, 1.165) is 24.1 Å². The molecule has 1 aliphatic rings. The predicted molar refractivity (Wildman–Crippen MR) is 81.3 cm³/mol. The van der Waals surface area contributed by atoms with Gasteiger partial charge in [-0.25, -0.2) is 0 Å². The lowest BCUT2D eigenvalue weighted by atomic mass is 10.2. The molecule has 2 aromatic rings. The molecule has 0 bridgehead atoms. The second kappa shape index (κ2) is 4.87. The minimum absolute atomic E-state index is 0.154. The van der Waals surface area contributed by atoms with Gasteiger partial charge in [0.1, 0.15) is 5.69 Å². The number of nitrogen functional groups attached to an aromatic ring is 1. The van der Waals surface area contributed by atoms with Gasteiger partial charge < -0.3 is 15.6 Å². The van der Waals surface area contributed by atoms with E-state index in [9.17, 15) is 4.79 Å². The molecule has 1 saturated carbocycles. The number of rotatable bonds is 3. The summed E-state index contributed by atoms with van der Waals surface area (Å²) in [6.45, 7) is 1.93. The fourth-order valence-corrected chi connectivity index (χ4v) is 2.42. The SMILES string of the molecule is Cc1ccc(Cl)cc1NC(=O)c1cc(N)cn1C1CC1. The molecule has 5 heteroatoms. The number of aryl methyl sites for hydroxylation is 1. The number of hydrogen-bond acceptors (Lipinski definition) is 2. The molecule has 1 heterocycles. The lowest BCUT2D eigenvalue weighted by Crippen LogP contribution is -2.16. The lowest BCUT2D eigenvalue weighted by molar-refractivity contribution is 0.101. The Bertz CT molecular complexity index is 674. The Morgan fingerprint density at radius 2 is 2.15 bits per heavy atom. The van der Waals surface area contributed by atoms with Gasteiger partial charge in [0.05, 0.1) is 5.69 Å². The van der Waals surface area contributed by atoms with Crippen LogP contribution in [0.1, 0.15) is 34.9 Å². The maximum Gasteiger partial charge on any atom is 0.272 e. The van der Waals surface area contributed by atoms with Crippen molar-refractivity contribution in [1.82, 2.24) is 4.57 Å². The summed E-state index contributed by atoms with van der Waals surface area (Å²) in [6.07, 6.45) is 4.03. The molecule has 0 unspecified atom stereocenters. The first kappa shape index (κ1) is 13.1. The van der Waals surface area contributed by atoms with Crippen molar-refractivity contribution in [1.29, 1.82) is 0 Å². The van der Waals surface area contributed by atoms with Crippen molar-refractivity contribution in [3.63, 3.8) is 0 Å². The number of amides is 1. The van der Waals surface area contributed by atoms with Gasteiger partial charge in [-0.2, -0.15) is 0 Å². The molecule has 1 aromatic carbocycles. The molecule has 3 rings (SSSR count). The molecule has 0 radical (unpaired) electrons. The van der Waals surface area contributed by atoms with Crippen LogP contribution in [0.15, 0.2) is 30.5 Å². The van der Waals surface area contributed by atoms with E-state index in [0.29, 0.717) is 22.4 Å². The molecule has 1 amide bonds. The largest absolute Gasteiger partial charge is 0.397 e. The van der Waals surface area contributed by atoms with Gasteiger partial charge in [-0.05, 0) is 43.5 Å². The van der Waals surface area contributed by atoms with Crippen LogP contribution in [0.25, 0.3) is 0 Å². The first-order valence-electron chi connectivity index (χ1n) is 6.59. The number of nitrogens with zero attached hydrogens (tertiary/aromatic N) is 1. The summed E-state index contributed by atoms with van der Waals surface area (Å²) in [5, 5.41) is 3.50. The van der Waals surface area contributed by atoms with Crippen molar-refractivity contribution in [2.45, 2.75) is 25.8 Å². The van der Waals surface area contributed by atoms with Gasteiger partial charge in [-0.3, -0.25) is 4.79 Å². The number of nitrogens with two attached hydrogens (primary N) is 1. The van der Waals surface area contributed by atoms with Gasteiger partial charge in [-0.15, -0.1) is 0 Å². The Morgan fingerprint density at radius 1 is 1.40 bits per heavy atom. The fraction of sp³-hybridized carbons (Fsp3) is 0.267. The Balaban J connectivity index is 1.87. The Morgan fingerprint density at radius 3 is 2.85 bits per heavy atom. The maximum atomic E-state index is 12.4. The van der Waals surface area contributed by atoms with Crippen molar-refractivity contribution < 1.29 is 4.79 Å². The summed E-state index contributed by atoms with van der Waals surface area (Å²) in [7, 11) is 0. The van der Waals surface area contributed by atoms with Crippen LogP contribution in [0.2, 0.25) is 5.02 Å². The van der Waals surface area contributed by atoms with Gasteiger partial charge in [0.25, 0.3) is 5.91 Å². The first-order valence-corrected chi connectivity index (χ1v) is 6.97. The van der Waals surface area contributed by atoms with Crippen LogP contribution in [0, 0.1) is 6.92 Å². The van der Waals surface area contributed by atoms with E-state index in [1.54, 1.807) is 18.2 Å². The molecule has 1 fully saturated rings. The number of anilines is 2. The highest BCUT2D eigenvalue weighted by atomic mass is 35.5. The standard InChI is InChI=1S/C15H16ClN3O/c1-9-2-3-10(16)6-13(9)18-15(20)14-7-11(17)8-19(14)12-4-5-12/h2-3,6-8,12H,4-5,17H2,1H3,(H,18,20). The van der Waals surface area contributed by atoms with E-state index < -0.39 is 0 Å². The Kier molecular flexibility index (Phi) is 3.18. The molecule has 0 aliphatic heterocycles. The topological polar surface area (TPSA) is 60.1 Å². The average Bonchev–Trinajstić information content (AvgIpc) is 3.17. The normalized spacial score (nSPS) is 14.3. The molecular formula is C15H16ClN3O. The molecule has 0 atom stereocenters. The van der Waals surface area contributed by atoms with Gasteiger partial charge in [0.2, 0.25) is 0 Å². The van der Waals surface area contributed by atoms with Crippen LogP contribution in [-0.4, -0.2) is 10.5 Å². The van der Waals surface area contributed by atoms with E-state index in [4.69, 9.17) is 17.3 Å². The number of carbonyl (C=O) groups excluding carboxylic acids is 1. The number of aromatic nitrogens is 1. The fourth-order valence-electron chi connectivity index (χ4n) is 2.25. The predicted octanol–water partition coefficient (Wildman–Crippen LogP) is 3.62. The summed E-state index contributed by atoms with van der Waals surface area (Å²) in [4.78, 5) is 12.4. The highest BCUT2D eigenvalue weighted by Gasteiger charge is 2.27. The minimum Gasteiger partial charge on any atom is -0.397 e. The lowest BCUT2D eigenvalue weighted by Gasteiger charge is -2.11. The molecule has 1 aliphatic carbocycles. The van der Waals surface area contributed by atoms with Gasteiger partial charge in [0.15, 0.2) is 0 Å². The van der Waals surface area contributed by atoms with E-state index in [1.807, 2.05) is 23.8 Å². The summed E-state index contributed by atoms with van der Waals surface area (Å²) >= 11 is 5.97. The second-order valence-corrected chi connectivity index (χ2v) is 5.65. The zero-order valence-electron chi connectivity index (χ0n) is 11.2. The van der Waals surface area contributed by atoms with Gasteiger partial charge in [0, 0.05) is 22.9 Å². The smallest absolute Gasteiger partial charge is 0.272 e. The molecule has 0 saturated heterocycles. The first-order chi connectivity index (χ1) is 9.54. The van der Waals surface area contributed by atoms with Crippen LogP contribution >= 0.6 is 11.6 Å². The Labute approximate surface area is 122 Å². The Hall–Kier alpha value is -1.94. The maximum absolute atomic E-state index is 12.4. The number of halogens is 1. The highest BCUT2D eigenvalue weighted by molar-refractivity contribution is 6.31. The van der Waals surface area contributed by atoms with Crippen LogP contribution in [0.5, 0.6) is 0 Å². The molecule has 3 N–H and O–H groups in total. The van der Waals surface area contributed by atoms with E-state index in [-0.39, 0.29) is 5.91 Å². The quantitative estimate of drug-likeness (QED) is 0.906. The van der Waals surface area contributed by atoms with Crippen LogP contribution in [0.4, 0.5) is 11.4 Å². The number of carbonyl (C=O) groups is 1. The number of hydrogen-bond donors (Lipinski definition) is 2. The number of benzene rings is 1. The molecule has 4 nitrogen and oxygen atoms in total. The monoisotopic (exact) mass is 289 g/mol. The molecule has 104 valence electrons. The van der Waals surface area contributed by atoms with Gasteiger partial charge >= 0.3 is 0 Å². The van der Waals surface area contributed by atoms with E-state index >= 15 is 0 Å². The van der Waals surface area contributed by atoms with Crippen LogP contribution < -0.4 is 11.1 Å². The van der Waals surface area contributed by atoms with Crippen molar-refractivity contribution in [2.24, 2.45) is 0 Å². The molecule has 0 spiro atoms. The molecule has 20 heavy (non-hydrogen) atoms. The number of nitrogens with one attached hydrogen (secondary N) is 1. The zero-order chi connectivity index (χ0) is 14.3. The van der Waals surface area contributed by atoms with E-state index in [1.165, 1.54) is 0 Å². The molecular weight excluding hydrogens is 274 g/mol. The second-order valence-electron chi connectivity index (χ2n) is 5.21. The molecule has 1 aromatic heterocycles. The highest BCUT2D eigenvalue weighted by Crippen LogP contribution is 2.37. The van der Waals surface area contributed by atoms with Crippen molar-refractivity contribution in [3.05, 3.63) is 46.7 Å². The summed E-state index contributed by atoms with van der Waals surface area (Å²) in [5.74, 6) is -0.154. The third kappa shape index (κ3) is 2.51. The van der Waals surface area contributed by atoms with Crippen LogP contribution in [-0.2, 0) is 0 Å². The van der Waals surface area contributed by atoms with Crippen LogP contribution in [0.3, 0.4) is 0 Å². The summed E-state index contributed by atoms with van der Waals surface area (Å²) in [6, 6.07) is 7.56. The third-order valence-electron chi connectivity index (χ3n) is 3.49. The van der Waals surface area contributed by atoms with E-state index in [2.05, 4.69) is 5.32 Å². The van der Waals surface area contributed by atoms with Gasteiger partial charge in [-0.1, -0.05) is 17.7 Å². The third-order valence-corrected chi connectivity index (χ3v) is 3.73. The van der Waals surface area contributed by atoms with Crippen molar-refractivity contribution in [3.8, 4) is 0 Å². The average molecular weight is 290 g/mol. The van der Waals surface area contributed by atoms with Crippen molar-refractivity contribution >= 4 is 28.9 Å².